The van der Waals surface area contributed by atoms with Gasteiger partial charge >= 0.3 is 0 Å². The molecule has 25 heavy (non-hydrogen) atoms. The van der Waals surface area contributed by atoms with Gasteiger partial charge in [-0.15, -0.1) is 0 Å². The van der Waals surface area contributed by atoms with Crippen molar-refractivity contribution < 1.29 is 0 Å². The van der Waals surface area contributed by atoms with Gasteiger partial charge in [-0.05, 0) is 33.6 Å². The first-order valence-corrected chi connectivity index (χ1v) is 9.02. The molecule has 1 aliphatic rings. The van der Waals surface area contributed by atoms with Gasteiger partial charge < -0.3 is 5.32 Å². The van der Waals surface area contributed by atoms with E-state index in [2.05, 4.69) is 34.5 Å². The molecular formula is C18H25N7. The summed E-state index contributed by atoms with van der Waals surface area (Å²) < 4.78 is 1.83. The first-order chi connectivity index (χ1) is 12.0. The lowest BCUT2D eigenvalue weighted by atomic mass is 10.1. The molecule has 0 spiro atoms. The lowest BCUT2D eigenvalue weighted by Gasteiger charge is -2.17. The molecule has 1 aliphatic carbocycles. The summed E-state index contributed by atoms with van der Waals surface area (Å²) in [5.41, 5.74) is 4.19. The Bertz CT molecular complexity index is 882. The van der Waals surface area contributed by atoms with Crippen molar-refractivity contribution in [3.8, 4) is 0 Å². The SMILES string of the molecule is Cc1n[nH]c(C)c1[C@H](C)Nc1nc(C2CCCC2)nc2c1cnn2C. The van der Waals surface area contributed by atoms with Crippen LogP contribution in [0.4, 0.5) is 5.82 Å². The second-order valence-corrected chi connectivity index (χ2v) is 7.13. The molecule has 3 aromatic rings. The van der Waals surface area contributed by atoms with Crippen molar-refractivity contribution in [1.29, 1.82) is 0 Å². The zero-order valence-corrected chi connectivity index (χ0v) is 15.3. The van der Waals surface area contributed by atoms with Gasteiger partial charge in [-0.25, -0.2) is 9.97 Å². The minimum Gasteiger partial charge on any atom is -0.363 e. The van der Waals surface area contributed by atoms with Crippen LogP contribution in [0.2, 0.25) is 0 Å². The third-order valence-corrected chi connectivity index (χ3v) is 5.30. The summed E-state index contributed by atoms with van der Waals surface area (Å²) in [7, 11) is 1.94. The Hall–Kier alpha value is -2.44. The van der Waals surface area contributed by atoms with Gasteiger partial charge in [0.1, 0.15) is 11.6 Å². The number of anilines is 1. The number of nitrogens with one attached hydrogen (secondary N) is 2. The van der Waals surface area contributed by atoms with Crippen molar-refractivity contribution in [1.82, 2.24) is 29.9 Å². The summed E-state index contributed by atoms with van der Waals surface area (Å²) >= 11 is 0. The van der Waals surface area contributed by atoms with Gasteiger partial charge in [0.05, 0.1) is 23.3 Å². The highest BCUT2D eigenvalue weighted by molar-refractivity contribution is 5.86. The fourth-order valence-electron chi connectivity index (χ4n) is 3.99. The van der Waals surface area contributed by atoms with Crippen LogP contribution in [0, 0.1) is 13.8 Å². The van der Waals surface area contributed by atoms with Gasteiger partial charge in [0.15, 0.2) is 5.65 Å². The quantitative estimate of drug-likeness (QED) is 0.759. The van der Waals surface area contributed by atoms with Crippen LogP contribution < -0.4 is 5.32 Å². The molecule has 0 saturated heterocycles. The molecule has 7 nitrogen and oxygen atoms in total. The number of nitrogens with zero attached hydrogens (tertiary/aromatic N) is 5. The average molecular weight is 339 g/mol. The van der Waals surface area contributed by atoms with Gasteiger partial charge in [0.2, 0.25) is 0 Å². The van der Waals surface area contributed by atoms with Crippen LogP contribution in [-0.4, -0.2) is 29.9 Å². The number of H-pyrrole nitrogens is 1. The molecule has 3 aromatic heterocycles. The Morgan fingerprint density at radius 2 is 2.00 bits per heavy atom. The van der Waals surface area contributed by atoms with Crippen molar-refractivity contribution in [3.05, 3.63) is 29.0 Å². The van der Waals surface area contributed by atoms with Gasteiger partial charge in [-0.3, -0.25) is 9.78 Å². The molecule has 2 N–H and O–H groups in total. The summed E-state index contributed by atoms with van der Waals surface area (Å²) in [6.45, 7) is 6.22. The summed E-state index contributed by atoms with van der Waals surface area (Å²) in [6.07, 6.45) is 6.74. The van der Waals surface area contributed by atoms with E-state index in [1.54, 1.807) is 0 Å². The maximum absolute atomic E-state index is 4.90. The summed E-state index contributed by atoms with van der Waals surface area (Å²) in [5, 5.41) is 16.3. The van der Waals surface area contributed by atoms with Crippen LogP contribution in [0.15, 0.2) is 6.20 Å². The fourth-order valence-corrected chi connectivity index (χ4v) is 3.99. The van der Waals surface area contributed by atoms with E-state index in [9.17, 15) is 0 Å². The lowest BCUT2D eigenvalue weighted by molar-refractivity contribution is 0.666. The van der Waals surface area contributed by atoms with E-state index >= 15 is 0 Å². The molecule has 1 atom stereocenters. The monoisotopic (exact) mass is 339 g/mol. The Labute approximate surface area is 147 Å². The number of aromatic amines is 1. The first-order valence-electron chi connectivity index (χ1n) is 9.02. The minimum absolute atomic E-state index is 0.105. The van der Waals surface area contributed by atoms with Crippen LogP contribution in [0.1, 0.15) is 67.3 Å². The van der Waals surface area contributed by atoms with E-state index in [0.29, 0.717) is 5.92 Å². The number of aromatic nitrogens is 6. The second-order valence-electron chi connectivity index (χ2n) is 7.13. The summed E-state index contributed by atoms with van der Waals surface area (Å²) in [6, 6.07) is 0.105. The molecule has 4 rings (SSSR count). The number of rotatable bonds is 4. The van der Waals surface area contributed by atoms with Crippen molar-refractivity contribution in [3.63, 3.8) is 0 Å². The largest absolute Gasteiger partial charge is 0.363 e. The maximum Gasteiger partial charge on any atom is 0.163 e. The van der Waals surface area contributed by atoms with E-state index in [0.717, 1.165) is 34.1 Å². The van der Waals surface area contributed by atoms with Crippen molar-refractivity contribution >= 4 is 16.9 Å². The van der Waals surface area contributed by atoms with E-state index < -0.39 is 0 Å². The zero-order chi connectivity index (χ0) is 17.6. The van der Waals surface area contributed by atoms with Crippen LogP contribution in [-0.2, 0) is 7.05 Å². The Balaban J connectivity index is 1.75. The maximum atomic E-state index is 4.90. The van der Waals surface area contributed by atoms with Crippen LogP contribution in [0.25, 0.3) is 11.0 Å². The van der Waals surface area contributed by atoms with E-state index in [1.165, 1.54) is 31.2 Å². The molecule has 1 saturated carbocycles. The van der Waals surface area contributed by atoms with E-state index in [1.807, 2.05) is 24.9 Å². The topological polar surface area (TPSA) is 84.3 Å². The number of hydrogen-bond donors (Lipinski definition) is 2. The summed E-state index contributed by atoms with van der Waals surface area (Å²) in [4.78, 5) is 9.71. The van der Waals surface area contributed by atoms with Crippen molar-refractivity contribution in [2.24, 2.45) is 7.05 Å². The van der Waals surface area contributed by atoms with E-state index in [4.69, 9.17) is 9.97 Å². The molecule has 0 aromatic carbocycles. The number of aryl methyl sites for hydroxylation is 3. The Morgan fingerprint density at radius 3 is 2.68 bits per heavy atom. The van der Waals surface area contributed by atoms with E-state index in [-0.39, 0.29) is 6.04 Å². The first kappa shape index (κ1) is 16.1. The fraction of sp³-hybridized carbons (Fsp3) is 0.556. The molecule has 7 heteroatoms. The summed E-state index contributed by atoms with van der Waals surface area (Å²) in [5.74, 6) is 2.28. The van der Waals surface area contributed by atoms with Gasteiger partial charge in [-0.2, -0.15) is 10.2 Å². The molecule has 3 heterocycles. The third kappa shape index (κ3) is 2.77. The Kier molecular flexibility index (Phi) is 3.94. The van der Waals surface area contributed by atoms with Crippen molar-refractivity contribution in [2.75, 3.05) is 5.32 Å². The molecule has 0 aliphatic heterocycles. The molecule has 0 amide bonds. The van der Waals surface area contributed by atoms with Crippen LogP contribution >= 0.6 is 0 Å². The predicted octanol–water partition coefficient (Wildman–Crippen LogP) is 3.53. The molecule has 0 radical (unpaired) electrons. The lowest BCUT2D eigenvalue weighted by Crippen LogP contribution is -2.12. The third-order valence-electron chi connectivity index (χ3n) is 5.30. The average Bonchev–Trinajstić information content (AvgIpc) is 3.30. The zero-order valence-electron chi connectivity index (χ0n) is 15.3. The Morgan fingerprint density at radius 1 is 1.24 bits per heavy atom. The highest BCUT2D eigenvalue weighted by atomic mass is 15.3. The number of fused-ring (bicyclic) bond motifs is 1. The van der Waals surface area contributed by atoms with Gasteiger partial charge in [-0.1, -0.05) is 12.8 Å². The molecule has 132 valence electrons. The molecule has 1 fully saturated rings. The normalized spacial score (nSPS) is 16.6. The van der Waals surface area contributed by atoms with Crippen molar-refractivity contribution in [2.45, 2.75) is 58.4 Å². The van der Waals surface area contributed by atoms with Crippen LogP contribution in [0.3, 0.4) is 0 Å². The minimum atomic E-state index is 0.105. The molecule has 0 bridgehead atoms. The molecular weight excluding hydrogens is 314 g/mol. The second kappa shape index (κ2) is 6.13. The highest BCUT2D eigenvalue weighted by Gasteiger charge is 2.23. The predicted molar refractivity (Wildman–Crippen MR) is 97.6 cm³/mol. The van der Waals surface area contributed by atoms with Gasteiger partial charge in [0, 0.05) is 24.2 Å². The van der Waals surface area contributed by atoms with Gasteiger partial charge in [0.25, 0.3) is 0 Å². The number of hydrogen-bond acceptors (Lipinski definition) is 5. The highest BCUT2D eigenvalue weighted by Crippen LogP contribution is 2.35. The van der Waals surface area contributed by atoms with Crippen LogP contribution in [0.5, 0.6) is 0 Å². The smallest absolute Gasteiger partial charge is 0.163 e. The standard InChI is InChI=1S/C18H25N7/c1-10(15-11(2)23-24-12(15)3)20-17-14-9-19-25(4)18(14)22-16(21-17)13-7-5-6-8-13/h9-10,13H,5-8H2,1-4H3,(H,23,24)(H,20,21,22)/t10-/m0/s1. The molecule has 0 unspecified atom stereocenters.